The zero-order valence-electron chi connectivity index (χ0n) is 24.0. The standard InChI is InChI=1S/C36H29F3N2O3/c1-3-28-30(20-25-15-9-14-24-13-7-8-18-29(24)25)32(26-16-10-17-27(19-26)36(37,38)39)33-40(21-23-11-5-4-6-12-23)22-31(35(43)44-2)41(33)34(28)42/h3-19,31H,1,20-22H2,2H3. The van der Waals surface area contributed by atoms with E-state index in [2.05, 4.69) is 6.58 Å². The van der Waals surface area contributed by atoms with Crippen molar-refractivity contribution < 1.29 is 22.7 Å². The Balaban J connectivity index is 1.69. The first-order valence-electron chi connectivity index (χ1n) is 14.2. The van der Waals surface area contributed by atoms with Crippen molar-refractivity contribution in [3.8, 4) is 11.1 Å². The number of carbonyl (C=O) groups is 1. The van der Waals surface area contributed by atoms with Gasteiger partial charge >= 0.3 is 12.1 Å². The van der Waals surface area contributed by atoms with E-state index >= 15 is 0 Å². The first-order chi connectivity index (χ1) is 21.2. The second-order valence-corrected chi connectivity index (χ2v) is 10.8. The highest BCUT2D eigenvalue weighted by Gasteiger charge is 2.40. The van der Waals surface area contributed by atoms with E-state index in [0.717, 1.165) is 34.0 Å². The quantitative estimate of drug-likeness (QED) is 0.182. The molecule has 8 heteroatoms. The minimum atomic E-state index is -4.58. The molecule has 5 nitrogen and oxygen atoms in total. The second kappa shape index (κ2) is 11.5. The van der Waals surface area contributed by atoms with E-state index < -0.39 is 29.3 Å². The molecule has 5 aromatic rings. The van der Waals surface area contributed by atoms with Crippen LogP contribution in [-0.4, -0.2) is 24.2 Å². The van der Waals surface area contributed by atoms with Crippen LogP contribution in [0.15, 0.2) is 108 Å². The summed E-state index contributed by atoms with van der Waals surface area (Å²) in [4.78, 5) is 29.3. The summed E-state index contributed by atoms with van der Waals surface area (Å²) in [6.07, 6.45) is -2.90. The molecule has 1 unspecified atom stereocenters. The Morgan fingerprint density at radius 2 is 1.68 bits per heavy atom. The van der Waals surface area contributed by atoms with Crippen LogP contribution in [0.3, 0.4) is 0 Å². The van der Waals surface area contributed by atoms with Gasteiger partial charge in [0.15, 0.2) is 6.04 Å². The van der Waals surface area contributed by atoms with Crippen LogP contribution in [0.1, 0.15) is 33.9 Å². The Morgan fingerprint density at radius 3 is 2.41 bits per heavy atom. The molecule has 0 spiro atoms. The molecule has 6 rings (SSSR count). The number of benzene rings is 4. The smallest absolute Gasteiger partial charge is 0.416 e. The summed E-state index contributed by atoms with van der Waals surface area (Å²) in [6, 6.07) is 27.3. The molecule has 0 fully saturated rings. The lowest BCUT2D eigenvalue weighted by molar-refractivity contribution is -0.144. The molecule has 0 aliphatic carbocycles. The normalized spacial score (nSPS) is 14.5. The van der Waals surface area contributed by atoms with Crippen LogP contribution in [0.5, 0.6) is 0 Å². The maximum Gasteiger partial charge on any atom is 0.416 e. The maximum absolute atomic E-state index is 14.3. The zero-order chi connectivity index (χ0) is 31.0. The largest absolute Gasteiger partial charge is 0.467 e. The number of hydrogen-bond donors (Lipinski definition) is 0. The zero-order valence-corrected chi connectivity index (χ0v) is 24.0. The SMILES string of the molecule is C=Cc1c(Cc2cccc3ccccc23)c(-c2cccc(C(F)(F)F)c2)c2n(c1=O)C(C(=O)OC)CN2Cc1ccccc1. The van der Waals surface area contributed by atoms with Gasteiger partial charge in [-0.3, -0.25) is 9.36 Å². The van der Waals surface area contributed by atoms with E-state index in [1.807, 2.05) is 77.7 Å². The van der Waals surface area contributed by atoms with Crippen LogP contribution in [0, 0.1) is 0 Å². The van der Waals surface area contributed by atoms with Crippen LogP contribution in [0.25, 0.3) is 28.0 Å². The van der Waals surface area contributed by atoms with Crippen molar-refractivity contribution in [2.45, 2.75) is 25.2 Å². The van der Waals surface area contributed by atoms with Gasteiger partial charge in [0, 0.05) is 17.7 Å². The van der Waals surface area contributed by atoms with Gasteiger partial charge in [0.05, 0.1) is 19.2 Å². The number of esters is 1. The number of methoxy groups -OCH3 is 1. The van der Waals surface area contributed by atoms with Gasteiger partial charge < -0.3 is 9.64 Å². The monoisotopic (exact) mass is 594 g/mol. The van der Waals surface area contributed by atoms with Gasteiger partial charge in [-0.25, -0.2) is 4.79 Å². The maximum atomic E-state index is 14.3. The van der Waals surface area contributed by atoms with E-state index in [1.165, 1.54) is 23.8 Å². The minimum absolute atomic E-state index is 0.108. The lowest BCUT2D eigenvalue weighted by Crippen LogP contribution is -2.31. The van der Waals surface area contributed by atoms with Crippen LogP contribution >= 0.6 is 0 Å². The highest BCUT2D eigenvalue weighted by Crippen LogP contribution is 2.44. The molecule has 0 saturated heterocycles. The van der Waals surface area contributed by atoms with Gasteiger partial charge in [-0.1, -0.05) is 97.6 Å². The molecular formula is C36H29F3N2O3. The molecule has 0 N–H and O–H groups in total. The number of anilines is 1. The third-order valence-electron chi connectivity index (χ3n) is 8.15. The molecule has 1 aromatic heterocycles. The van der Waals surface area contributed by atoms with E-state index in [4.69, 9.17) is 4.74 Å². The third kappa shape index (κ3) is 5.17. The van der Waals surface area contributed by atoms with Gasteiger partial charge in [0.25, 0.3) is 5.56 Å². The fourth-order valence-electron chi connectivity index (χ4n) is 6.17. The van der Waals surface area contributed by atoms with Crippen molar-refractivity contribution >= 4 is 28.6 Å². The minimum Gasteiger partial charge on any atom is -0.467 e. The molecule has 0 saturated carbocycles. The molecule has 4 aromatic carbocycles. The number of nitrogens with zero attached hydrogens (tertiary/aromatic N) is 2. The van der Waals surface area contributed by atoms with E-state index in [0.29, 0.717) is 23.5 Å². The number of hydrogen-bond acceptors (Lipinski definition) is 4. The number of alkyl halides is 3. The van der Waals surface area contributed by atoms with Crippen LogP contribution < -0.4 is 10.5 Å². The highest BCUT2D eigenvalue weighted by molar-refractivity contribution is 5.90. The molecule has 2 heterocycles. The molecule has 0 bridgehead atoms. The predicted octanol–water partition coefficient (Wildman–Crippen LogP) is 7.66. The predicted molar refractivity (Wildman–Crippen MR) is 167 cm³/mol. The van der Waals surface area contributed by atoms with Crippen molar-refractivity contribution in [3.63, 3.8) is 0 Å². The lowest BCUT2D eigenvalue weighted by atomic mass is 9.89. The van der Waals surface area contributed by atoms with Gasteiger partial charge in [-0.15, -0.1) is 0 Å². The van der Waals surface area contributed by atoms with Crippen LogP contribution in [0.2, 0.25) is 0 Å². The Bertz CT molecular complexity index is 1940. The third-order valence-corrected chi connectivity index (χ3v) is 8.15. The number of ether oxygens (including phenoxy) is 1. The molecule has 44 heavy (non-hydrogen) atoms. The van der Waals surface area contributed by atoms with E-state index in [1.54, 1.807) is 6.07 Å². The number of pyridine rings is 1. The number of halogens is 3. The summed E-state index contributed by atoms with van der Waals surface area (Å²) in [5.41, 5.74) is 2.04. The highest BCUT2D eigenvalue weighted by atomic mass is 19.4. The molecular weight excluding hydrogens is 565 g/mol. The Hall–Kier alpha value is -5.11. The van der Waals surface area contributed by atoms with Gasteiger partial charge in [-0.2, -0.15) is 13.2 Å². The first kappa shape index (κ1) is 29.0. The molecule has 1 atom stereocenters. The average molecular weight is 595 g/mol. The lowest BCUT2D eigenvalue weighted by Gasteiger charge is -2.25. The topological polar surface area (TPSA) is 51.5 Å². The van der Waals surface area contributed by atoms with Crippen LogP contribution in [0.4, 0.5) is 19.0 Å². The van der Waals surface area contributed by atoms with Gasteiger partial charge in [0.2, 0.25) is 0 Å². The van der Waals surface area contributed by atoms with Crippen molar-refractivity contribution in [1.82, 2.24) is 4.57 Å². The molecule has 222 valence electrons. The average Bonchev–Trinajstić information content (AvgIpc) is 3.40. The summed E-state index contributed by atoms with van der Waals surface area (Å²) in [7, 11) is 1.25. The Labute approximate surface area is 252 Å². The fourth-order valence-corrected chi connectivity index (χ4v) is 6.17. The number of rotatable bonds is 7. The van der Waals surface area contributed by atoms with Crippen molar-refractivity contribution in [2.24, 2.45) is 0 Å². The van der Waals surface area contributed by atoms with Crippen molar-refractivity contribution in [3.05, 3.63) is 142 Å². The second-order valence-electron chi connectivity index (χ2n) is 10.8. The Kier molecular flexibility index (Phi) is 7.59. The van der Waals surface area contributed by atoms with Gasteiger partial charge in [-0.05, 0) is 51.6 Å². The number of fused-ring (bicyclic) bond motifs is 2. The molecule has 1 aliphatic heterocycles. The summed E-state index contributed by atoms with van der Waals surface area (Å²) in [6.45, 7) is 4.36. The van der Waals surface area contributed by atoms with Crippen molar-refractivity contribution in [2.75, 3.05) is 18.6 Å². The van der Waals surface area contributed by atoms with E-state index in [-0.39, 0.29) is 24.1 Å². The Morgan fingerprint density at radius 1 is 0.977 bits per heavy atom. The number of carbonyl (C=O) groups excluding carboxylic acids is 1. The van der Waals surface area contributed by atoms with Gasteiger partial charge in [0.1, 0.15) is 5.82 Å². The molecule has 1 aliphatic rings. The van der Waals surface area contributed by atoms with E-state index in [9.17, 15) is 22.8 Å². The molecule has 0 radical (unpaired) electrons. The summed E-state index contributed by atoms with van der Waals surface area (Å²) >= 11 is 0. The number of aromatic nitrogens is 1. The summed E-state index contributed by atoms with van der Waals surface area (Å²) in [5.74, 6) is -0.245. The molecule has 0 amide bonds. The summed E-state index contributed by atoms with van der Waals surface area (Å²) in [5, 5.41) is 1.97. The first-order valence-corrected chi connectivity index (χ1v) is 14.2. The summed E-state index contributed by atoms with van der Waals surface area (Å²) < 4.78 is 48.5. The van der Waals surface area contributed by atoms with Crippen molar-refractivity contribution in [1.29, 1.82) is 0 Å². The van der Waals surface area contributed by atoms with Crippen LogP contribution in [-0.2, 0) is 28.7 Å². The fraction of sp³-hybridized carbons (Fsp3) is 0.167.